The van der Waals surface area contributed by atoms with Gasteiger partial charge in [-0.1, -0.05) is 61.9 Å². The maximum absolute atomic E-state index is 10.6. The number of benzene rings is 2. The molecule has 0 fully saturated rings. The van der Waals surface area contributed by atoms with Crippen molar-refractivity contribution in [2.24, 2.45) is 0 Å². The van der Waals surface area contributed by atoms with Crippen molar-refractivity contribution in [3.05, 3.63) is 65.7 Å². The van der Waals surface area contributed by atoms with E-state index >= 15 is 0 Å². The predicted molar refractivity (Wildman–Crippen MR) is 99.2 cm³/mol. The molecule has 130 valence electrons. The Labute approximate surface area is 145 Å². The molecule has 2 atom stereocenters. The molecule has 0 heterocycles. The van der Waals surface area contributed by atoms with Crippen LogP contribution in [0.15, 0.2) is 54.6 Å². The van der Waals surface area contributed by atoms with Crippen molar-refractivity contribution in [3.8, 4) is 5.75 Å². The maximum Gasteiger partial charge on any atom is 0.123 e. The van der Waals surface area contributed by atoms with Gasteiger partial charge in [0.05, 0.1) is 12.7 Å². The van der Waals surface area contributed by atoms with Crippen LogP contribution in [-0.4, -0.2) is 29.7 Å². The van der Waals surface area contributed by atoms with Gasteiger partial charge in [-0.15, -0.1) is 0 Å². The Hall–Kier alpha value is -1.84. The number of unbranched alkanes of at least 4 members (excludes halogenated alkanes) is 1. The topological polar surface area (TPSA) is 32.7 Å². The minimum Gasteiger partial charge on any atom is -0.493 e. The van der Waals surface area contributed by atoms with Crippen molar-refractivity contribution in [1.82, 2.24) is 4.90 Å². The van der Waals surface area contributed by atoms with E-state index in [1.165, 1.54) is 0 Å². The summed E-state index contributed by atoms with van der Waals surface area (Å²) in [6, 6.07) is 18.0. The van der Waals surface area contributed by atoms with Crippen LogP contribution < -0.4 is 4.74 Å². The number of aliphatic hydroxyl groups excluding tert-OH is 1. The summed E-state index contributed by atoms with van der Waals surface area (Å²) in [5, 5.41) is 10.6. The second-order valence-electron chi connectivity index (χ2n) is 6.32. The summed E-state index contributed by atoms with van der Waals surface area (Å²) in [6.45, 7) is 5.71. The smallest absolute Gasteiger partial charge is 0.123 e. The van der Waals surface area contributed by atoms with Crippen molar-refractivity contribution in [1.29, 1.82) is 0 Å². The van der Waals surface area contributed by atoms with Crippen LogP contribution >= 0.6 is 0 Å². The van der Waals surface area contributed by atoms with E-state index in [9.17, 15) is 5.11 Å². The fourth-order valence-corrected chi connectivity index (χ4v) is 2.68. The van der Waals surface area contributed by atoms with Crippen LogP contribution in [0.3, 0.4) is 0 Å². The lowest BCUT2D eigenvalue weighted by molar-refractivity contribution is 0.0683. The van der Waals surface area contributed by atoms with Crippen molar-refractivity contribution in [3.63, 3.8) is 0 Å². The number of para-hydroxylation sites is 1. The first kappa shape index (κ1) is 18.5. The molecule has 2 unspecified atom stereocenters. The van der Waals surface area contributed by atoms with Crippen molar-refractivity contribution >= 4 is 0 Å². The van der Waals surface area contributed by atoms with E-state index in [1.54, 1.807) is 0 Å². The maximum atomic E-state index is 10.6. The molecule has 3 heteroatoms. The molecule has 24 heavy (non-hydrogen) atoms. The molecule has 0 aromatic heterocycles. The van der Waals surface area contributed by atoms with Gasteiger partial charge in [-0.3, -0.25) is 4.90 Å². The molecular weight excluding hydrogens is 298 g/mol. The molecule has 2 aromatic carbocycles. The first-order valence-electron chi connectivity index (χ1n) is 8.77. The van der Waals surface area contributed by atoms with Crippen molar-refractivity contribution in [2.75, 3.05) is 13.7 Å². The molecule has 0 spiro atoms. The molecule has 2 rings (SSSR count). The van der Waals surface area contributed by atoms with Crippen molar-refractivity contribution in [2.45, 2.75) is 45.4 Å². The minimum atomic E-state index is -0.510. The van der Waals surface area contributed by atoms with Crippen LogP contribution in [0.25, 0.3) is 0 Å². The Bertz CT molecular complexity index is 600. The summed E-state index contributed by atoms with van der Waals surface area (Å²) in [6.07, 6.45) is 1.68. The SMILES string of the molecule is CCCCOc1ccccc1CN(C)C(C)C(O)c1ccccc1. The number of ether oxygens (including phenoxy) is 1. The third-order valence-corrected chi connectivity index (χ3v) is 4.44. The van der Waals surface area contributed by atoms with E-state index in [0.29, 0.717) is 0 Å². The number of nitrogens with zero attached hydrogens (tertiary/aromatic N) is 1. The molecule has 0 bridgehead atoms. The third-order valence-electron chi connectivity index (χ3n) is 4.44. The quantitative estimate of drug-likeness (QED) is 0.692. The summed E-state index contributed by atoms with van der Waals surface area (Å²) in [5.41, 5.74) is 2.10. The normalized spacial score (nSPS) is 13.7. The number of likely N-dealkylation sites (N-methyl/N-ethyl adjacent to an activating group) is 1. The predicted octanol–water partition coefficient (Wildman–Crippen LogP) is 4.42. The summed E-state index contributed by atoms with van der Waals surface area (Å²) in [7, 11) is 2.04. The molecule has 0 aliphatic carbocycles. The number of rotatable bonds is 9. The van der Waals surface area contributed by atoms with Gasteiger partial charge in [-0.2, -0.15) is 0 Å². The van der Waals surface area contributed by atoms with Gasteiger partial charge in [0.25, 0.3) is 0 Å². The van der Waals surface area contributed by atoms with Gasteiger partial charge >= 0.3 is 0 Å². The van der Waals surface area contributed by atoms with Gasteiger partial charge in [0, 0.05) is 18.2 Å². The fourth-order valence-electron chi connectivity index (χ4n) is 2.68. The summed E-state index contributed by atoms with van der Waals surface area (Å²) < 4.78 is 5.91. The van der Waals surface area contributed by atoms with Gasteiger partial charge in [0.1, 0.15) is 5.75 Å². The molecule has 3 nitrogen and oxygen atoms in total. The molecule has 0 amide bonds. The van der Waals surface area contributed by atoms with Gasteiger partial charge < -0.3 is 9.84 Å². The van der Waals surface area contributed by atoms with E-state index in [0.717, 1.165) is 42.9 Å². The largest absolute Gasteiger partial charge is 0.493 e. The fraction of sp³-hybridized carbons (Fsp3) is 0.429. The average molecular weight is 327 g/mol. The molecule has 1 N–H and O–H groups in total. The second kappa shape index (κ2) is 9.45. The second-order valence-corrected chi connectivity index (χ2v) is 6.32. The zero-order valence-electron chi connectivity index (χ0n) is 15.0. The van der Waals surface area contributed by atoms with Crippen LogP contribution in [0.5, 0.6) is 5.75 Å². The van der Waals surface area contributed by atoms with Crippen LogP contribution in [0.4, 0.5) is 0 Å². The lowest BCUT2D eigenvalue weighted by Gasteiger charge is -2.29. The average Bonchev–Trinajstić information content (AvgIpc) is 2.62. The van der Waals surface area contributed by atoms with E-state index in [-0.39, 0.29) is 6.04 Å². The molecule has 0 aliphatic heterocycles. The lowest BCUT2D eigenvalue weighted by Crippen LogP contribution is -2.34. The summed E-state index contributed by atoms with van der Waals surface area (Å²) in [4.78, 5) is 2.17. The highest BCUT2D eigenvalue weighted by Crippen LogP contribution is 2.24. The van der Waals surface area contributed by atoms with Crippen LogP contribution in [0.1, 0.15) is 43.9 Å². The Kier molecular flexibility index (Phi) is 7.29. The van der Waals surface area contributed by atoms with E-state index in [2.05, 4.69) is 24.8 Å². The highest BCUT2D eigenvalue weighted by molar-refractivity contribution is 5.33. The van der Waals surface area contributed by atoms with E-state index in [4.69, 9.17) is 4.74 Å². The van der Waals surface area contributed by atoms with E-state index in [1.807, 2.05) is 55.6 Å². The molecule has 2 aromatic rings. The molecule has 0 saturated carbocycles. The number of aliphatic hydroxyl groups is 1. The Morgan fingerprint density at radius 3 is 2.42 bits per heavy atom. The Morgan fingerprint density at radius 2 is 1.71 bits per heavy atom. The highest BCUT2D eigenvalue weighted by atomic mass is 16.5. The van der Waals surface area contributed by atoms with Crippen LogP contribution in [-0.2, 0) is 6.54 Å². The van der Waals surface area contributed by atoms with Crippen LogP contribution in [0.2, 0.25) is 0 Å². The van der Waals surface area contributed by atoms with E-state index < -0.39 is 6.10 Å². The summed E-state index contributed by atoms with van der Waals surface area (Å²) in [5.74, 6) is 0.944. The van der Waals surface area contributed by atoms with Gasteiger partial charge in [0.15, 0.2) is 0 Å². The minimum absolute atomic E-state index is 0.0103. The highest BCUT2D eigenvalue weighted by Gasteiger charge is 2.21. The van der Waals surface area contributed by atoms with Crippen molar-refractivity contribution < 1.29 is 9.84 Å². The lowest BCUT2D eigenvalue weighted by atomic mass is 10.0. The number of hydrogen-bond donors (Lipinski definition) is 1. The molecular formula is C21H29NO2. The first-order valence-corrected chi connectivity index (χ1v) is 8.77. The Balaban J connectivity index is 2.02. The first-order chi connectivity index (χ1) is 11.6. The third kappa shape index (κ3) is 5.08. The standard InChI is InChI=1S/C21H29NO2/c1-4-5-15-24-20-14-10-9-13-19(20)16-22(3)17(2)21(23)18-11-7-6-8-12-18/h6-14,17,21,23H,4-5,15-16H2,1-3H3. The van der Waals surface area contributed by atoms with Gasteiger partial charge in [-0.25, -0.2) is 0 Å². The summed E-state index contributed by atoms with van der Waals surface area (Å²) >= 11 is 0. The monoisotopic (exact) mass is 327 g/mol. The molecule has 0 saturated heterocycles. The number of hydrogen-bond acceptors (Lipinski definition) is 3. The van der Waals surface area contributed by atoms with Crippen LogP contribution in [0, 0.1) is 0 Å². The zero-order chi connectivity index (χ0) is 17.4. The Morgan fingerprint density at radius 1 is 1.04 bits per heavy atom. The molecule has 0 aliphatic rings. The van der Waals surface area contributed by atoms with Gasteiger partial charge in [-0.05, 0) is 32.0 Å². The zero-order valence-corrected chi connectivity index (χ0v) is 15.0. The molecule has 0 radical (unpaired) electrons. The van der Waals surface area contributed by atoms with Gasteiger partial charge in [0.2, 0.25) is 0 Å².